The van der Waals surface area contributed by atoms with Crippen molar-refractivity contribution in [3.63, 3.8) is 0 Å². The van der Waals surface area contributed by atoms with Crippen LogP contribution in [-0.2, 0) is 6.42 Å². The minimum absolute atomic E-state index is 0.345. The van der Waals surface area contributed by atoms with E-state index in [-0.39, 0.29) is 6.10 Å². The molecule has 1 atom stereocenters. The first-order valence-electron chi connectivity index (χ1n) is 5.28. The SMILES string of the molecule is CCNCC(O)Cc1cccc(Cl)c1C. The first-order chi connectivity index (χ1) is 7.15. The Bertz CT molecular complexity index is 314. The van der Waals surface area contributed by atoms with E-state index in [1.807, 2.05) is 32.0 Å². The van der Waals surface area contributed by atoms with Crippen LogP contribution >= 0.6 is 11.6 Å². The summed E-state index contributed by atoms with van der Waals surface area (Å²) in [4.78, 5) is 0. The quantitative estimate of drug-likeness (QED) is 0.808. The molecule has 0 bridgehead atoms. The lowest BCUT2D eigenvalue weighted by molar-refractivity contribution is 0.172. The van der Waals surface area contributed by atoms with Gasteiger partial charge >= 0.3 is 0 Å². The number of aliphatic hydroxyl groups is 1. The highest BCUT2D eigenvalue weighted by Gasteiger charge is 2.08. The van der Waals surface area contributed by atoms with Crippen LogP contribution in [0, 0.1) is 6.92 Å². The van der Waals surface area contributed by atoms with Gasteiger partial charge in [0.1, 0.15) is 0 Å². The van der Waals surface area contributed by atoms with E-state index in [1.165, 1.54) is 0 Å². The van der Waals surface area contributed by atoms with Gasteiger partial charge in [0.25, 0.3) is 0 Å². The third kappa shape index (κ3) is 3.82. The molecule has 84 valence electrons. The molecule has 0 saturated carbocycles. The summed E-state index contributed by atoms with van der Waals surface area (Å²) in [5.41, 5.74) is 2.18. The predicted octanol–water partition coefficient (Wildman–Crippen LogP) is 2.16. The molecule has 1 aromatic rings. The number of rotatable bonds is 5. The fourth-order valence-electron chi connectivity index (χ4n) is 1.51. The van der Waals surface area contributed by atoms with Gasteiger partial charge in [0.2, 0.25) is 0 Å². The summed E-state index contributed by atoms with van der Waals surface area (Å²) in [6.45, 7) is 5.52. The zero-order valence-electron chi connectivity index (χ0n) is 9.26. The summed E-state index contributed by atoms with van der Waals surface area (Å²) < 4.78 is 0. The van der Waals surface area contributed by atoms with Crippen molar-refractivity contribution in [3.8, 4) is 0 Å². The van der Waals surface area contributed by atoms with Gasteiger partial charge in [-0.1, -0.05) is 30.7 Å². The standard InChI is InChI=1S/C12H18ClNO/c1-3-14-8-11(15)7-10-5-4-6-12(13)9(10)2/h4-6,11,14-15H,3,7-8H2,1-2H3. The van der Waals surface area contributed by atoms with Crippen molar-refractivity contribution in [2.45, 2.75) is 26.4 Å². The van der Waals surface area contributed by atoms with Crippen LogP contribution in [0.25, 0.3) is 0 Å². The highest BCUT2D eigenvalue weighted by atomic mass is 35.5. The Hall–Kier alpha value is -0.570. The Morgan fingerprint density at radius 1 is 1.47 bits per heavy atom. The topological polar surface area (TPSA) is 32.3 Å². The zero-order chi connectivity index (χ0) is 11.3. The third-order valence-corrected chi connectivity index (χ3v) is 2.87. The van der Waals surface area contributed by atoms with Crippen LogP contribution in [0.15, 0.2) is 18.2 Å². The summed E-state index contributed by atoms with van der Waals surface area (Å²) in [7, 11) is 0. The molecule has 0 aliphatic rings. The van der Waals surface area contributed by atoms with Crippen molar-refractivity contribution in [2.24, 2.45) is 0 Å². The van der Waals surface area contributed by atoms with Crippen LogP contribution in [0.3, 0.4) is 0 Å². The average molecular weight is 228 g/mol. The molecule has 15 heavy (non-hydrogen) atoms. The molecule has 0 aromatic heterocycles. The maximum Gasteiger partial charge on any atom is 0.0704 e. The van der Waals surface area contributed by atoms with Crippen LogP contribution in [-0.4, -0.2) is 24.3 Å². The van der Waals surface area contributed by atoms with E-state index < -0.39 is 0 Å². The minimum atomic E-state index is -0.345. The Morgan fingerprint density at radius 2 is 2.20 bits per heavy atom. The highest BCUT2D eigenvalue weighted by Crippen LogP contribution is 2.19. The number of hydrogen-bond donors (Lipinski definition) is 2. The lowest BCUT2D eigenvalue weighted by atomic mass is 10.0. The fourth-order valence-corrected chi connectivity index (χ4v) is 1.70. The van der Waals surface area contributed by atoms with E-state index in [9.17, 15) is 5.11 Å². The van der Waals surface area contributed by atoms with Gasteiger partial charge in [0.15, 0.2) is 0 Å². The Kier molecular flexibility index (Phi) is 5.09. The van der Waals surface area contributed by atoms with Crippen molar-refractivity contribution in [3.05, 3.63) is 34.3 Å². The first kappa shape index (κ1) is 12.5. The Balaban J connectivity index is 2.60. The Morgan fingerprint density at radius 3 is 2.87 bits per heavy atom. The predicted molar refractivity (Wildman–Crippen MR) is 64.4 cm³/mol. The summed E-state index contributed by atoms with van der Waals surface area (Å²) in [5.74, 6) is 0. The van der Waals surface area contributed by atoms with E-state index in [0.29, 0.717) is 13.0 Å². The number of hydrogen-bond acceptors (Lipinski definition) is 2. The van der Waals surface area contributed by atoms with E-state index in [1.54, 1.807) is 0 Å². The Labute approximate surface area is 96.3 Å². The fraction of sp³-hybridized carbons (Fsp3) is 0.500. The number of nitrogens with one attached hydrogen (secondary N) is 1. The second-order valence-corrected chi connectivity index (χ2v) is 4.10. The van der Waals surface area contributed by atoms with E-state index in [2.05, 4.69) is 5.32 Å². The summed E-state index contributed by atoms with van der Waals surface area (Å²) in [6, 6.07) is 5.80. The second kappa shape index (κ2) is 6.11. The molecular weight excluding hydrogens is 210 g/mol. The molecule has 0 fully saturated rings. The second-order valence-electron chi connectivity index (χ2n) is 3.69. The molecule has 0 amide bonds. The van der Waals surface area contributed by atoms with Gasteiger partial charge < -0.3 is 10.4 Å². The summed E-state index contributed by atoms with van der Waals surface area (Å²) in [5, 5.41) is 13.6. The minimum Gasteiger partial charge on any atom is -0.391 e. The molecule has 0 heterocycles. The molecule has 3 heteroatoms. The summed E-state index contributed by atoms with van der Waals surface area (Å²) in [6.07, 6.45) is 0.307. The van der Waals surface area contributed by atoms with Gasteiger partial charge in [-0.2, -0.15) is 0 Å². The average Bonchev–Trinajstić information content (AvgIpc) is 2.22. The molecule has 2 nitrogen and oxygen atoms in total. The van der Waals surface area contributed by atoms with Gasteiger partial charge in [-0.25, -0.2) is 0 Å². The van der Waals surface area contributed by atoms with Crippen molar-refractivity contribution in [2.75, 3.05) is 13.1 Å². The largest absolute Gasteiger partial charge is 0.391 e. The number of likely N-dealkylation sites (N-methyl/N-ethyl adjacent to an activating group) is 1. The molecule has 1 unspecified atom stereocenters. The number of aliphatic hydroxyl groups excluding tert-OH is 1. The first-order valence-corrected chi connectivity index (χ1v) is 5.65. The van der Waals surface area contributed by atoms with E-state index in [0.717, 1.165) is 22.7 Å². The number of halogens is 1. The van der Waals surface area contributed by atoms with Crippen molar-refractivity contribution < 1.29 is 5.11 Å². The van der Waals surface area contributed by atoms with Crippen molar-refractivity contribution in [1.29, 1.82) is 0 Å². The molecule has 1 rings (SSSR count). The lowest BCUT2D eigenvalue weighted by Gasteiger charge is -2.13. The molecule has 1 aromatic carbocycles. The molecular formula is C12H18ClNO. The molecule has 0 aliphatic carbocycles. The molecule has 0 saturated heterocycles. The van der Waals surface area contributed by atoms with Gasteiger partial charge in [0.05, 0.1) is 6.10 Å². The van der Waals surface area contributed by atoms with Crippen LogP contribution in [0.1, 0.15) is 18.1 Å². The van der Waals surface area contributed by atoms with Crippen LogP contribution in [0.4, 0.5) is 0 Å². The molecule has 2 N–H and O–H groups in total. The third-order valence-electron chi connectivity index (χ3n) is 2.47. The molecule has 0 radical (unpaired) electrons. The van der Waals surface area contributed by atoms with Crippen molar-refractivity contribution in [1.82, 2.24) is 5.32 Å². The van der Waals surface area contributed by atoms with Gasteiger partial charge in [0, 0.05) is 11.6 Å². The molecule has 0 spiro atoms. The van der Waals surface area contributed by atoms with Crippen LogP contribution in [0.2, 0.25) is 5.02 Å². The zero-order valence-corrected chi connectivity index (χ0v) is 10.0. The van der Waals surface area contributed by atoms with E-state index in [4.69, 9.17) is 11.6 Å². The monoisotopic (exact) mass is 227 g/mol. The molecule has 0 aliphatic heterocycles. The number of benzene rings is 1. The summed E-state index contributed by atoms with van der Waals surface area (Å²) >= 11 is 6.00. The maximum absolute atomic E-state index is 9.74. The van der Waals surface area contributed by atoms with E-state index >= 15 is 0 Å². The van der Waals surface area contributed by atoms with Crippen LogP contribution in [0.5, 0.6) is 0 Å². The maximum atomic E-state index is 9.74. The highest BCUT2D eigenvalue weighted by molar-refractivity contribution is 6.31. The van der Waals surface area contributed by atoms with Crippen LogP contribution < -0.4 is 5.32 Å². The normalized spacial score (nSPS) is 12.8. The van der Waals surface area contributed by atoms with Gasteiger partial charge in [-0.15, -0.1) is 0 Å². The lowest BCUT2D eigenvalue weighted by Crippen LogP contribution is -2.28. The van der Waals surface area contributed by atoms with Gasteiger partial charge in [-0.05, 0) is 37.1 Å². The van der Waals surface area contributed by atoms with Crippen molar-refractivity contribution >= 4 is 11.6 Å². The van der Waals surface area contributed by atoms with Gasteiger partial charge in [-0.3, -0.25) is 0 Å². The smallest absolute Gasteiger partial charge is 0.0704 e.